The van der Waals surface area contributed by atoms with Crippen molar-refractivity contribution in [2.24, 2.45) is 0 Å². The molecule has 2 aromatic rings. The van der Waals surface area contributed by atoms with Crippen LogP contribution in [-0.4, -0.2) is 22.4 Å². The molecule has 0 bridgehead atoms. The first-order valence-electron chi connectivity index (χ1n) is 5.92. The van der Waals surface area contributed by atoms with Crippen molar-refractivity contribution in [3.05, 3.63) is 47.1 Å². The van der Waals surface area contributed by atoms with Crippen molar-refractivity contribution >= 4 is 29.0 Å². The Kier molecular flexibility index (Phi) is 4.47. The fourth-order valence-corrected chi connectivity index (χ4v) is 1.78. The third kappa shape index (κ3) is 3.64. The highest BCUT2D eigenvalue weighted by Crippen LogP contribution is 2.18. The van der Waals surface area contributed by atoms with Crippen LogP contribution in [0.5, 0.6) is 0 Å². The lowest BCUT2D eigenvalue weighted by Gasteiger charge is -2.07. The van der Waals surface area contributed by atoms with E-state index in [0.29, 0.717) is 12.4 Å². The highest BCUT2D eigenvalue weighted by molar-refractivity contribution is 6.31. The van der Waals surface area contributed by atoms with E-state index in [1.54, 1.807) is 0 Å². The van der Waals surface area contributed by atoms with Gasteiger partial charge in [0.1, 0.15) is 17.3 Å². The molecule has 2 rings (SSSR count). The Morgan fingerprint density at radius 2 is 2.15 bits per heavy atom. The molecule has 7 heteroatoms. The number of anilines is 2. The average Bonchev–Trinajstić information content (AvgIpc) is 2.38. The summed E-state index contributed by atoms with van der Waals surface area (Å²) >= 11 is 5.72. The highest BCUT2D eigenvalue weighted by atomic mass is 35.5. The zero-order valence-electron chi connectivity index (χ0n) is 10.7. The second-order valence-electron chi connectivity index (χ2n) is 3.93. The zero-order chi connectivity index (χ0) is 14.5. The van der Waals surface area contributed by atoms with Crippen molar-refractivity contribution in [3.8, 4) is 0 Å². The van der Waals surface area contributed by atoms with Gasteiger partial charge in [0.2, 0.25) is 0 Å². The molecule has 2 N–H and O–H groups in total. The van der Waals surface area contributed by atoms with Gasteiger partial charge < -0.3 is 10.6 Å². The van der Waals surface area contributed by atoms with Crippen molar-refractivity contribution in [1.29, 1.82) is 0 Å². The molecule has 1 amide bonds. The maximum Gasteiger partial charge on any atom is 0.275 e. The number of carbonyl (C=O) groups excluding carboxylic acids is 1. The first kappa shape index (κ1) is 14.2. The molecule has 0 atom stereocenters. The van der Waals surface area contributed by atoms with Gasteiger partial charge in [-0.2, -0.15) is 0 Å². The summed E-state index contributed by atoms with van der Waals surface area (Å²) in [5, 5.41) is 5.67. The Labute approximate surface area is 120 Å². The standard InChI is InChI=1S/C13H12ClFN4O/c1-2-17-12-7-16-6-11(19-12)13(20)18-10-4-8(14)3-9(15)5-10/h3-7H,2H2,1H3,(H,17,19)(H,18,20). The number of nitrogens with zero attached hydrogens (tertiary/aromatic N) is 2. The predicted molar refractivity (Wildman–Crippen MR) is 75.6 cm³/mol. The second kappa shape index (κ2) is 6.29. The Morgan fingerprint density at radius 1 is 1.35 bits per heavy atom. The van der Waals surface area contributed by atoms with Gasteiger partial charge in [0.05, 0.1) is 12.4 Å². The summed E-state index contributed by atoms with van der Waals surface area (Å²) in [6.07, 6.45) is 2.84. The fourth-order valence-electron chi connectivity index (χ4n) is 1.56. The maximum atomic E-state index is 13.2. The van der Waals surface area contributed by atoms with Crippen LogP contribution in [0.4, 0.5) is 15.9 Å². The van der Waals surface area contributed by atoms with Crippen LogP contribution in [0, 0.1) is 5.82 Å². The van der Waals surface area contributed by atoms with E-state index >= 15 is 0 Å². The smallest absolute Gasteiger partial charge is 0.275 e. The molecule has 5 nitrogen and oxygen atoms in total. The SMILES string of the molecule is CCNc1cncc(C(=O)Nc2cc(F)cc(Cl)c2)n1. The van der Waals surface area contributed by atoms with E-state index in [1.807, 2.05) is 6.92 Å². The molecule has 0 unspecified atom stereocenters. The van der Waals surface area contributed by atoms with Crippen molar-refractivity contribution in [2.45, 2.75) is 6.92 Å². The molecule has 0 aliphatic heterocycles. The van der Waals surface area contributed by atoms with Gasteiger partial charge in [-0.05, 0) is 25.1 Å². The van der Waals surface area contributed by atoms with Crippen LogP contribution < -0.4 is 10.6 Å². The summed E-state index contributed by atoms with van der Waals surface area (Å²) in [5.74, 6) is -0.517. The molecule has 20 heavy (non-hydrogen) atoms. The summed E-state index contributed by atoms with van der Waals surface area (Å²) < 4.78 is 13.2. The first-order valence-corrected chi connectivity index (χ1v) is 6.29. The number of aromatic nitrogens is 2. The number of hydrogen-bond donors (Lipinski definition) is 2. The molecule has 1 heterocycles. The monoisotopic (exact) mass is 294 g/mol. The molecule has 104 valence electrons. The average molecular weight is 295 g/mol. The number of halogens is 2. The van der Waals surface area contributed by atoms with Crippen LogP contribution >= 0.6 is 11.6 Å². The van der Waals surface area contributed by atoms with Crippen LogP contribution in [0.25, 0.3) is 0 Å². The van der Waals surface area contributed by atoms with E-state index in [9.17, 15) is 9.18 Å². The molecule has 0 spiro atoms. The number of benzene rings is 1. The van der Waals surface area contributed by atoms with Crippen molar-refractivity contribution in [1.82, 2.24) is 9.97 Å². The predicted octanol–water partition coefficient (Wildman–Crippen LogP) is 2.95. The lowest BCUT2D eigenvalue weighted by molar-refractivity contribution is 0.102. The van der Waals surface area contributed by atoms with Crippen LogP contribution in [0.3, 0.4) is 0 Å². The minimum absolute atomic E-state index is 0.129. The quantitative estimate of drug-likeness (QED) is 0.910. The summed E-state index contributed by atoms with van der Waals surface area (Å²) in [5.41, 5.74) is 0.388. The molecule has 0 aliphatic rings. The van der Waals surface area contributed by atoms with Crippen LogP contribution in [0.2, 0.25) is 5.02 Å². The fraction of sp³-hybridized carbons (Fsp3) is 0.154. The van der Waals surface area contributed by atoms with E-state index in [1.165, 1.54) is 24.5 Å². The largest absolute Gasteiger partial charge is 0.369 e. The molecule has 0 saturated carbocycles. The van der Waals surface area contributed by atoms with Gasteiger partial charge in [0, 0.05) is 17.3 Å². The van der Waals surface area contributed by atoms with E-state index in [4.69, 9.17) is 11.6 Å². The van der Waals surface area contributed by atoms with Gasteiger partial charge in [-0.3, -0.25) is 9.78 Å². The lowest BCUT2D eigenvalue weighted by atomic mass is 10.3. The number of carbonyl (C=O) groups is 1. The topological polar surface area (TPSA) is 66.9 Å². The van der Waals surface area contributed by atoms with Gasteiger partial charge in [0.25, 0.3) is 5.91 Å². The van der Waals surface area contributed by atoms with Crippen molar-refractivity contribution < 1.29 is 9.18 Å². The summed E-state index contributed by atoms with van der Waals surface area (Å²) in [6.45, 7) is 2.57. The van der Waals surface area contributed by atoms with E-state index < -0.39 is 11.7 Å². The first-order chi connectivity index (χ1) is 9.58. The summed E-state index contributed by atoms with van der Waals surface area (Å²) in [7, 11) is 0. The molecule has 1 aromatic carbocycles. The highest BCUT2D eigenvalue weighted by Gasteiger charge is 2.10. The van der Waals surface area contributed by atoms with Gasteiger partial charge in [-0.15, -0.1) is 0 Å². The van der Waals surface area contributed by atoms with Crippen LogP contribution in [-0.2, 0) is 0 Å². The van der Waals surface area contributed by atoms with Gasteiger partial charge in [0.15, 0.2) is 0 Å². The van der Waals surface area contributed by atoms with Gasteiger partial charge >= 0.3 is 0 Å². The second-order valence-corrected chi connectivity index (χ2v) is 4.37. The molecule has 0 aliphatic carbocycles. The third-order valence-electron chi connectivity index (χ3n) is 2.35. The molecular weight excluding hydrogens is 283 g/mol. The molecule has 0 radical (unpaired) electrons. The molecule has 0 fully saturated rings. The Hall–Kier alpha value is -2.21. The third-order valence-corrected chi connectivity index (χ3v) is 2.56. The van der Waals surface area contributed by atoms with Crippen LogP contribution in [0.15, 0.2) is 30.6 Å². The van der Waals surface area contributed by atoms with E-state index in [2.05, 4.69) is 20.6 Å². The lowest BCUT2D eigenvalue weighted by Crippen LogP contribution is -2.15. The van der Waals surface area contributed by atoms with Crippen molar-refractivity contribution in [2.75, 3.05) is 17.2 Å². The van der Waals surface area contributed by atoms with Crippen LogP contribution in [0.1, 0.15) is 17.4 Å². The normalized spacial score (nSPS) is 10.2. The Bertz CT molecular complexity index is 615. The van der Waals surface area contributed by atoms with E-state index in [0.717, 1.165) is 6.07 Å². The minimum Gasteiger partial charge on any atom is -0.369 e. The molecule has 1 aromatic heterocycles. The maximum absolute atomic E-state index is 13.2. The summed E-state index contributed by atoms with van der Waals surface area (Å²) in [6, 6.07) is 3.78. The number of hydrogen-bond acceptors (Lipinski definition) is 4. The number of amides is 1. The van der Waals surface area contributed by atoms with Crippen molar-refractivity contribution in [3.63, 3.8) is 0 Å². The summed E-state index contributed by atoms with van der Waals surface area (Å²) in [4.78, 5) is 20.0. The Morgan fingerprint density at radius 3 is 2.85 bits per heavy atom. The molecule has 0 saturated heterocycles. The zero-order valence-corrected chi connectivity index (χ0v) is 11.4. The van der Waals surface area contributed by atoms with E-state index in [-0.39, 0.29) is 16.4 Å². The number of nitrogens with one attached hydrogen (secondary N) is 2. The molecular formula is C13H12ClFN4O. The Balaban J connectivity index is 2.17. The minimum atomic E-state index is -0.528. The number of rotatable bonds is 4. The van der Waals surface area contributed by atoms with Gasteiger partial charge in [-0.25, -0.2) is 9.37 Å². The van der Waals surface area contributed by atoms with Gasteiger partial charge in [-0.1, -0.05) is 11.6 Å².